The fraction of sp³-hybridized carbons (Fsp3) is 0.300. The molecule has 0 spiro atoms. The standard InChI is InChI=1S/C20H23N3O4S2/c1-5-14-6-9-16(10-7-14)23(29(4,26)27)13(2)19(24)21-15-8-11-17-18(12-15)28-20(25)22(17)3/h6-13H,5H2,1-4H3,(H,21,24). The van der Waals surface area contributed by atoms with Crippen molar-refractivity contribution in [1.82, 2.24) is 4.57 Å². The highest BCUT2D eigenvalue weighted by Crippen LogP contribution is 2.24. The van der Waals surface area contributed by atoms with Gasteiger partial charge in [-0.05, 0) is 49.2 Å². The second-order valence-electron chi connectivity index (χ2n) is 6.85. The average Bonchev–Trinajstić information content (AvgIpc) is 2.94. The maximum absolute atomic E-state index is 12.8. The molecule has 1 unspecified atom stereocenters. The molecule has 29 heavy (non-hydrogen) atoms. The molecule has 154 valence electrons. The Hall–Kier alpha value is -2.65. The number of rotatable bonds is 6. The Labute approximate surface area is 173 Å². The van der Waals surface area contributed by atoms with E-state index in [1.807, 2.05) is 19.1 Å². The van der Waals surface area contributed by atoms with Gasteiger partial charge in [0.25, 0.3) is 0 Å². The highest BCUT2D eigenvalue weighted by atomic mass is 32.2. The van der Waals surface area contributed by atoms with E-state index in [4.69, 9.17) is 0 Å². The maximum Gasteiger partial charge on any atom is 0.307 e. The van der Waals surface area contributed by atoms with Crippen LogP contribution < -0.4 is 14.5 Å². The predicted octanol–water partition coefficient (Wildman–Crippen LogP) is 2.96. The van der Waals surface area contributed by atoms with Gasteiger partial charge in [-0.15, -0.1) is 0 Å². The molecule has 1 amide bonds. The van der Waals surface area contributed by atoms with Gasteiger partial charge in [-0.3, -0.25) is 13.9 Å². The summed E-state index contributed by atoms with van der Waals surface area (Å²) in [6.45, 7) is 3.56. The zero-order chi connectivity index (χ0) is 21.3. The summed E-state index contributed by atoms with van der Waals surface area (Å²) in [5.41, 5.74) is 2.80. The Balaban J connectivity index is 1.88. The summed E-state index contributed by atoms with van der Waals surface area (Å²) in [6, 6.07) is 11.3. The number of aromatic nitrogens is 1. The molecule has 3 rings (SSSR count). The van der Waals surface area contributed by atoms with Crippen molar-refractivity contribution in [3.8, 4) is 0 Å². The fourth-order valence-corrected chi connectivity index (χ4v) is 5.24. The number of hydrogen-bond acceptors (Lipinski definition) is 5. The SMILES string of the molecule is CCc1ccc(N(C(C)C(=O)Nc2ccc3c(c2)sc(=O)n3C)S(C)(=O)=O)cc1. The van der Waals surface area contributed by atoms with Crippen molar-refractivity contribution < 1.29 is 13.2 Å². The first kappa shape index (κ1) is 21.1. The first-order valence-corrected chi connectivity index (χ1v) is 11.8. The van der Waals surface area contributed by atoms with Crippen LogP contribution in [0.2, 0.25) is 0 Å². The van der Waals surface area contributed by atoms with Crippen molar-refractivity contribution in [2.45, 2.75) is 26.3 Å². The molecular formula is C20H23N3O4S2. The van der Waals surface area contributed by atoms with Crippen LogP contribution in [0.25, 0.3) is 10.2 Å². The third-order valence-corrected chi connectivity index (χ3v) is 6.98. The monoisotopic (exact) mass is 433 g/mol. The molecule has 2 aromatic carbocycles. The summed E-state index contributed by atoms with van der Waals surface area (Å²) in [5, 5.41) is 2.76. The van der Waals surface area contributed by atoms with E-state index in [0.717, 1.165) is 44.1 Å². The number of thiazole rings is 1. The third kappa shape index (κ3) is 4.35. The first-order valence-electron chi connectivity index (χ1n) is 9.10. The molecule has 1 N–H and O–H groups in total. The molecule has 0 aliphatic heterocycles. The molecule has 9 heteroatoms. The average molecular weight is 434 g/mol. The van der Waals surface area contributed by atoms with E-state index in [9.17, 15) is 18.0 Å². The van der Waals surface area contributed by atoms with Crippen LogP contribution in [-0.2, 0) is 28.3 Å². The van der Waals surface area contributed by atoms with Gasteiger partial charge in [0.05, 0.1) is 22.2 Å². The van der Waals surface area contributed by atoms with Crippen molar-refractivity contribution in [3.05, 3.63) is 57.7 Å². The summed E-state index contributed by atoms with van der Waals surface area (Å²) in [5.74, 6) is -0.461. The number of nitrogens with one attached hydrogen (secondary N) is 1. The quantitative estimate of drug-likeness (QED) is 0.647. The van der Waals surface area contributed by atoms with E-state index < -0.39 is 22.0 Å². The molecule has 0 saturated heterocycles. The minimum Gasteiger partial charge on any atom is -0.324 e. The molecule has 0 radical (unpaired) electrons. The lowest BCUT2D eigenvalue weighted by atomic mass is 10.1. The molecule has 0 fully saturated rings. The molecule has 1 atom stereocenters. The van der Waals surface area contributed by atoms with Crippen molar-refractivity contribution >= 4 is 48.9 Å². The molecule has 7 nitrogen and oxygen atoms in total. The Kier molecular flexibility index (Phi) is 5.81. The molecule has 0 saturated carbocycles. The van der Waals surface area contributed by atoms with Gasteiger partial charge < -0.3 is 9.88 Å². The van der Waals surface area contributed by atoms with Gasteiger partial charge in [0.15, 0.2) is 0 Å². The van der Waals surface area contributed by atoms with Crippen LogP contribution in [-0.4, -0.2) is 31.2 Å². The normalized spacial score (nSPS) is 12.7. The smallest absolute Gasteiger partial charge is 0.307 e. The van der Waals surface area contributed by atoms with Crippen LogP contribution in [0.5, 0.6) is 0 Å². The number of aryl methyl sites for hydroxylation is 2. The van der Waals surface area contributed by atoms with Crippen LogP contribution in [0.4, 0.5) is 11.4 Å². The van der Waals surface area contributed by atoms with Gasteiger partial charge >= 0.3 is 4.87 Å². The van der Waals surface area contributed by atoms with Crippen molar-refractivity contribution in [2.75, 3.05) is 15.9 Å². The highest BCUT2D eigenvalue weighted by molar-refractivity contribution is 7.92. The second-order valence-corrected chi connectivity index (χ2v) is 9.71. The van der Waals surface area contributed by atoms with E-state index in [-0.39, 0.29) is 4.87 Å². The van der Waals surface area contributed by atoms with Gasteiger partial charge in [0.1, 0.15) is 6.04 Å². The van der Waals surface area contributed by atoms with Gasteiger partial charge in [0, 0.05) is 12.7 Å². The number of anilines is 2. The molecule has 1 aromatic heterocycles. The van der Waals surface area contributed by atoms with Crippen LogP contribution in [0, 0.1) is 0 Å². The van der Waals surface area contributed by atoms with Gasteiger partial charge in [-0.1, -0.05) is 30.4 Å². The maximum atomic E-state index is 12.8. The molecule has 0 aliphatic carbocycles. The number of carbonyl (C=O) groups excluding carboxylic acids is 1. The minimum absolute atomic E-state index is 0.0874. The van der Waals surface area contributed by atoms with Gasteiger partial charge in [0.2, 0.25) is 15.9 Å². The number of nitrogens with zero attached hydrogens (tertiary/aromatic N) is 2. The van der Waals surface area contributed by atoms with Crippen molar-refractivity contribution in [3.63, 3.8) is 0 Å². The van der Waals surface area contributed by atoms with Crippen LogP contribution in [0.3, 0.4) is 0 Å². The zero-order valence-corrected chi connectivity index (χ0v) is 18.3. The predicted molar refractivity (Wildman–Crippen MR) is 118 cm³/mol. The van der Waals surface area contributed by atoms with E-state index in [1.54, 1.807) is 48.9 Å². The minimum atomic E-state index is -3.68. The second kappa shape index (κ2) is 8.00. The van der Waals surface area contributed by atoms with Crippen LogP contribution in [0.1, 0.15) is 19.4 Å². The lowest BCUT2D eigenvalue weighted by Crippen LogP contribution is -2.45. The fourth-order valence-electron chi connectivity index (χ4n) is 3.15. The third-order valence-electron chi connectivity index (χ3n) is 4.75. The molecule has 3 aromatic rings. The number of benzene rings is 2. The summed E-state index contributed by atoms with van der Waals surface area (Å²) in [6.07, 6.45) is 1.92. The Bertz CT molecular complexity index is 1210. The van der Waals surface area contributed by atoms with E-state index in [2.05, 4.69) is 5.32 Å². The number of fused-ring (bicyclic) bond motifs is 1. The lowest BCUT2D eigenvalue weighted by Gasteiger charge is -2.28. The number of sulfonamides is 1. The molecule has 0 bridgehead atoms. The van der Waals surface area contributed by atoms with Crippen molar-refractivity contribution in [2.24, 2.45) is 7.05 Å². The Morgan fingerprint density at radius 3 is 2.45 bits per heavy atom. The Morgan fingerprint density at radius 2 is 1.86 bits per heavy atom. The van der Waals surface area contributed by atoms with Crippen LogP contribution >= 0.6 is 11.3 Å². The zero-order valence-electron chi connectivity index (χ0n) is 16.7. The number of hydrogen-bond donors (Lipinski definition) is 1. The largest absolute Gasteiger partial charge is 0.324 e. The first-order chi connectivity index (χ1) is 13.6. The number of carbonyl (C=O) groups is 1. The van der Waals surface area contributed by atoms with Gasteiger partial charge in [-0.2, -0.15) is 0 Å². The van der Waals surface area contributed by atoms with E-state index in [1.165, 1.54) is 0 Å². The van der Waals surface area contributed by atoms with Gasteiger partial charge in [-0.25, -0.2) is 8.42 Å². The summed E-state index contributed by atoms with van der Waals surface area (Å²) < 4.78 is 28.2. The molecular weight excluding hydrogens is 410 g/mol. The number of amides is 1. The summed E-state index contributed by atoms with van der Waals surface area (Å²) >= 11 is 1.09. The van der Waals surface area contributed by atoms with E-state index >= 15 is 0 Å². The van der Waals surface area contributed by atoms with Crippen molar-refractivity contribution in [1.29, 1.82) is 0 Å². The van der Waals surface area contributed by atoms with Crippen LogP contribution in [0.15, 0.2) is 47.3 Å². The topological polar surface area (TPSA) is 88.5 Å². The van der Waals surface area contributed by atoms with E-state index in [0.29, 0.717) is 11.4 Å². The lowest BCUT2D eigenvalue weighted by molar-refractivity contribution is -0.116. The highest BCUT2D eigenvalue weighted by Gasteiger charge is 2.29. The summed E-state index contributed by atoms with van der Waals surface area (Å²) in [7, 11) is -1.99. The Morgan fingerprint density at radius 1 is 1.21 bits per heavy atom. The summed E-state index contributed by atoms with van der Waals surface area (Å²) in [4.78, 5) is 24.5. The molecule has 1 heterocycles. The molecule has 0 aliphatic rings.